The smallest absolute Gasteiger partial charge is 0.231 e. The molecule has 2 N–H and O–H groups in total. The van der Waals surface area contributed by atoms with E-state index >= 15 is 0 Å². The fraction of sp³-hybridized carbons (Fsp3) is 0.100. The number of benzene rings is 2. The zero-order valence-electron chi connectivity index (χ0n) is 14.9. The summed E-state index contributed by atoms with van der Waals surface area (Å²) in [5, 5.41) is 7.18. The fourth-order valence-electron chi connectivity index (χ4n) is 2.67. The van der Waals surface area contributed by atoms with Crippen molar-refractivity contribution >= 4 is 45.9 Å². The van der Waals surface area contributed by atoms with Crippen molar-refractivity contribution in [3.8, 4) is 0 Å². The predicted octanol–water partition coefficient (Wildman–Crippen LogP) is 5.18. The van der Waals surface area contributed by atoms with Crippen LogP contribution in [0.2, 0.25) is 5.02 Å². The van der Waals surface area contributed by atoms with E-state index in [2.05, 4.69) is 30.6 Å². The quantitative estimate of drug-likeness (QED) is 0.511. The highest BCUT2D eigenvalue weighted by atomic mass is 35.5. The van der Waals surface area contributed by atoms with Crippen molar-refractivity contribution in [1.29, 1.82) is 0 Å². The van der Waals surface area contributed by atoms with Crippen LogP contribution >= 0.6 is 11.6 Å². The van der Waals surface area contributed by atoms with Crippen molar-refractivity contribution in [2.75, 3.05) is 10.6 Å². The molecule has 4 aromatic rings. The molecule has 0 amide bonds. The second-order valence-electron chi connectivity index (χ2n) is 6.21. The largest absolute Gasteiger partial charge is 0.338 e. The number of fused-ring (bicyclic) bond motifs is 1. The Bertz CT molecular complexity index is 1130. The number of aromatic nitrogens is 4. The van der Waals surface area contributed by atoms with Gasteiger partial charge in [0.15, 0.2) is 17.0 Å². The van der Waals surface area contributed by atoms with Crippen molar-refractivity contribution in [2.45, 2.75) is 13.8 Å². The van der Waals surface area contributed by atoms with Crippen LogP contribution in [0.25, 0.3) is 11.2 Å². The molecule has 6 nitrogen and oxygen atoms in total. The minimum absolute atomic E-state index is 0.439. The number of rotatable bonds is 4. The molecular weight excluding hydrogens is 360 g/mol. The third-order valence-electron chi connectivity index (χ3n) is 4.04. The number of hydrogen-bond acceptors (Lipinski definition) is 6. The van der Waals surface area contributed by atoms with Gasteiger partial charge in [0.25, 0.3) is 0 Å². The minimum Gasteiger partial charge on any atom is -0.338 e. The third-order valence-corrected chi connectivity index (χ3v) is 4.45. The molecule has 4 rings (SSSR count). The third kappa shape index (κ3) is 3.80. The molecule has 27 heavy (non-hydrogen) atoms. The van der Waals surface area contributed by atoms with Gasteiger partial charge < -0.3 is 10.6 Å². The molecule has 0 spiro atoms. The Labute approximate surface area is 161 Å². The highest BCUT2D eigenvalue weighted by molar-refractivity contribution is 6.31. The number of nitrogens with one attached hydrogen (secondary N) is 2. The van der Waals surface area contributed by atoms with E-state index in [1.54, 1.807) is 12.4 Å². The molecule has 0 unspecified atom stereocenters. The van der Waals surface area contributed by atoms with Crippen LogP contribution in [0.1, 0.15) is 11.1 Å². The van der Waals surface area contributed by atoms with Gasteiger partial charge in [0.2, 0.25) is 5.95 Å². The van der Waals surface area contributed by atoms with Crippen molar-refractivity contribution in [3.63, 3.8) is 0 Å². The molecule has 2 aromatic heterocycles. The number of halogens is 1. The Hall–Kier alpha value is -3.25. The van der Waals surface area contributed by atoms with Gasteiger partial charge in [0, 0.05) is 28.8 Å². The zero-order chi connectivity index (χ0) is 18.8. The summed E-state index contributed by atoms with van der Waals surface area (Å²) in [6.07, 6.45) is 3.23. The molecular formula is C20H17ClN6. The Morgan fingerprint density at radius 2 is 1.67 bits per heavy atom. The van der Waals surface area contributed by atoms with E-state index in [4.69, 9.17) is 11.6 Å². The first kappa shape index (κ1) is 17.2. The molecule has 0 saturated heterocycles. The number of hydrogen-bond donors (Lipinski definition) is 2. The molecule has 0 aliphatic heterocycles. The van der Waals surface area contributed by atoms with Gasteiger partial charge >= 0.3 is 0 Å². The van der Waals surface area contributed by atoms with Crippen LogP contribution in [0.15, 0.2) is 54.9 Å². The highest BCUT2D eigenvalue weighted by Crippen LogP contribution is 2.26. The maximum Gasteiger partial charge on any atom is 0.231 e. The summed E-state index contributed by atoms with van der Waals surface area (Å²) in [6, 6.07) is 13.7. The van der Waals surface area contributed by atoms with E-state index in [0.717, 1.165) is 22.5 Å². The summed E-state index contributed by atoms with van der Waals surface area (Å²) in [5.41, 5.74) is 4.97. The van der Waals surface area contributed by atoms with Gasteiger partial charge in [-0.15, -0.1) is 0 Å². The normalized spacial score (nSPS) is 10.8. The molecule has 7 heteroatoms. The first-order valence-electron chi connectivity index (χ1n) is 8.44. The lowest BCUT2D eigenvalue weighted by molar-refractivity contribution is 1.15. The van der Waals surface area contributed by atoms with Crippen molar-refractivity contribution in [2.24, 2.45) is 0 Å². The molecule has 2 aromatic carbocycles. The SMILES string of the molecule is Cc1cccc(Nc2nc(Nc3ccc(C)c(Cl)c3)c3nccnc3n2)c1. The summed E-state index contributed by atoms with van der Waals surface area (Å²) in [4.78, 5) is 17.8. The van der Waals surface area contributed by atoms with Crippen LogP contribution in [-0.2, 0) is 0 Å². The maximum absolute atomic E-state index is 6.24. The molecule has 0 fully saturated rings. The van der Waals surface area contributed by atoms with Crippen LogP contribution in [0.3, 0.4) is 0 Å². The van der Waals surface area contributed by atoms with Crippen LogP contribution < -0.4 is 10.6 Å². The molecule has 0 aliphatic rings. The lowest BCUT2D eigenvalue weighted by Gasteiger charge is -2.12. The van der Waals surface area contributed by atoms with E-state index in [1.165, 1.54) is 0 Å². The van der Waals surface area contributed by atoms with Gasteiger partial charge in [-0.05, 0) is 49.2 Å². The first-order chi connectivity index (χ1) is 13.1. The molecule has 0 saturated carbocycles. The lowest BCUT2D eigenvalue weighted by Crippen LogP contribution is -2.04. The van der Waals surface area contributed by atoms with Gasteiger partial charge in [0.1, 0.15) is 0 Å². The molecule has 134 valence electrons. The molecule has 0 bridgehead atoms. The molecule has 0 atom stereocenters. The Morgan fingerprint density at radius 3 is 2.48 bits per heavy atom. The van der Waals surface area contributed by atoms with Gasteiger partial charge in [-0.3, -0.25) is 0 Å². The maximum atomic E-state index is 6.24. The molecule has 2 heterocycles. The second-order valence-corrected chi connectivity index (χ2v) is 6.62. The molecule has 0 radical (unpaired) electrons. The first-order valence-corrected chi connectivity index (χ1v) is 8.82. The van der Waals surface area contributed by atoms with Crippen molar-refractivity contribution in [1.82, 2.24) is 19.9 Å². The average molecular weight is 377 g/mol. The standard InChI is InChI=1S/C20H17ClN6/c1-12-4-3-5-14(10-12)25-20-26-18-17(22-8-9-23-18)19(27-20)24-15-7-6-13(2)16(21)11-15/h3-11H,1-2H3,(H2,23,24,25,26,27). The Kier molecular flexibility index (Phi) is 4.56. The van der Waals surface area contributed by atoms with Gasteiger partial charge in [-0.1, -0.05) is 29.8 Å². The van der Waals surface area contributed by atoms with Crippen molar-refractivity contribution < 1.29 is 0 Å². The number of nitrogens with zero attached hydrogens (tertiary/aromatic N) is 4. The average Bonchev–Trinajstić information content (AvgIpc) is 2.65. The second kappa shape index (κ2) is 7.17. The fourth-order valence-corrected chi connectivity index (χ4v) is 2.85. The Balaban J connectivity index is 1.75. The number of anilines is 4. The minimum atomic E-state index is 0.439. The summed E-state index contributed by atoms with van der Waals surface area (Å²) in [7, 11) is 0. The zero-order valence-corrected chi connectivity index (χ0v) is 15.6. The summed E-state index contributed by atoms with van der Waals surface area (Å²) in [6.45, 7) is 3.99. The Morgan fingerprint density at radius 1 is 0.852 bits per heavy atom. The van der Waals surface area contributed by atoms with E-state index in [9.17, 15) is 0 Å². The summed E-state index contributed by atoms with van der Waals surface area (Å²) in [5.74, 6) is 0.998. The van der Waals surface area contributed by atoms with E-state index in [1.807, 2.05) is 56.3 Å². The van der Waals surface area contributed by atoms with Gasteiger partial charge in [-0.25, -0.2) is 9.97 Å². The van der Waals surface area contributed by atoms with Crippen LogP contribution in [0.4, 0.5) is 23.1 Å². The van der Waals surface area contributed by atoms with Crippen LogP contribution in [0.5, 0.6) is 0 Å². The summed E-state index contributed by atoms with van der Waals surface area (Å²) < 4.78 is 0. The predicted molar refractivity (Wildman–Crippen MR) is 109 cm³/mol. The van der Waals surface area contributed by atoms with Gasteiger partial charge in [0.05, 0.1) is 0 Å². The van der Waals surface area contributed by atoms with E-state index in [-0.39, 0.29) is 0 Å². The lowest BCUT2D eigenvalue weighted by atomic mass is 10.2. The van der Waals surface area contributed by atoms with E-state index in [0.29, 0.717) is 28.0 Å². The summed E-state index contributed by atoms with van der Waals surface area (Å²) >= 11 is 6.24. The monoisotopic (exact) mass is 376 g/mol. The van der Waals surface area contributed by atoms with Crippen LogP contribution in [0, 0.1) is 13.8 Å². The highest BCUT2D eigenvalue weighted by Gasteiger charge is 2.11. The van der Waals surface area contributed by atoms with E-state index < -0.39 is 0 Å². The molecule has 0 aliphatic carbocycles. The van der Waals surface area contributed by atoms with Crippen LogP contribution in [-0.4, -0.2) is 19.9 Å². The number of aryl methyl sites for hydroxylation is 2. The van der Waals surface area contributed by atoms with Gasteiger partial charge in [-0.2, -0.15) is 9.97 Å². The topological polar surface area (TPSA) is 75.6 Å². The van der Waals surface area contributed by atoms with Crippen molar-refractivity contribution in [3.05, 3.63) is 71.0 Å².